The zero-order valence-corrected chi connectivity index (χ0v) is 18.1. The van der Waals surface area contributed by atoms with Gasteiger partial charge in [0.25, 0.3) is 0 Å². The van der Waals surface area contributed by atoms with Crippen LogP contribution in [0, 0.1) is 5.92 Å². The lowest BCUT2D eigenvalue weighted by molar-refractivity contribution is 0.146. The third kappa shape index (κ3) is 4.09. The van der Waals surface area contributed by atoms with Crippen molar-refractivity contribution < 1.29 is 13.2 Å². The van der Waals surface area contributed by atoms with Gasteiger partial charge >= 0.3 is 0 Å². The Morgan fingerprint density at radius 1 is 1.18 bits per heavy atom. The summed E-state index contributed by atoms with van der Waals surface area (Å²) in [5.74, 6) is 1.71. The van der Waals surface area contributed by atoms with Crippen LogP contribution in [0.1, 0.15) is 38.3 Å². The molecule has 2 aliphatic rings. The highest BCUT2D eigenvalue weighted by Crippen LogP contribution is 2.37. The van der Waals surface area contributed by atoms with Crippen LogP contribution in [0.4, 0.5) is 0 Å². The Labute approximate surface area is 173 Å². The van der Waals surface area contributed by atoms with Gasteiger partial charge in [0.1, 0.15) is 5.75 Å². The van der Waals surface area contributed by atoms with E-state index in [1.807, 2.05) is 6.07 Å². The summed E-state index contributed by atoms with van der Waals surface area (Å²) in [6, 6.07) is 9.93. The van der Waals surface area contributed by atoms with Crippen LogP contribution in [0.15, 0.2) is 35.2 Å². The summed E-state index contributed by atoms with van der Waals surface area (Å²) in [5, 5.41) is 0. The number of likely N-dealkylation sites (tertiary alicyclic amines) is 1. The van der Waals surface area contributed by atoms with Crippen LogP contribution in [0.25, 0.3) is 11.3 Å². The molecular formula is C21H29ClN2O3S. The number of hydrogen-bond acceptors (Lipinski definition) is 4. The molecule has 2 heterocycles. The molecule has 2 atom stereocenters. The molecule has 1 saturated heterocycles. The Morgan fingerprint density at radius 3 is 2.75 bits per heavy atom. The van der Waals surface area contributed by atoms with Crippen molar-refractivity contribution in [2.45, 2.75) is 50.1 Å². The summed E-state index contributed by atoms with van der Waals surface area (Å²) in [4.78, 5) is 6.42. The van der Waals surface area contributed by atoms with E-state index in [1.165, 1.54) is 37.9 Å². The SMILES string of the molecule is CCS(=O)(=O)c1ccc(OC)c(-c2ccc(CN3CCC4CCC3C4)[nH]2)c1.Cl. The minimum absolute atomic E-state index is 0. The molecule has 2 aromatic rings. The maximum atomic E-state index is 12.3. The second-order valence-corrected chi connectivity index (χ2v) is 10.0. The van der Waals surface area contributed by atoms with Crippen molar-refractivity contribution in [2.24, 2.45) is 5.92 Å². The summed E-state index contributed by atoms with van der Waals surface area (Å²) in [5.41, 5.74) is 2.86. The number of H-pyrrole nitrogens is 1. The fourth-order valence-corrected chi connectivity index (χ4v) is 5.45. The van der Waals surface area contributed by atoms with Gasteiger partial charge in [-0.2, -0.15) is 0 Å². The van der Waals surface area contributed by atoms with Crippen molar-refractivity contribution in [3.8, 4) is 17.0 Å². The largest absolute Gasteiger partial charge is 0.496 e. The van der Waals surface area contributed by atoms with Gasteiger partial charge in [-0.05, 0) is 68.5 Å². The zero-order chi connectivity index (χ0) is 19.0. The molecule has 4 rings (SSSR count). The Kier molecular flexibility index (Phi) is 6.42. The van der Waals surface area contributed by atoms with E-state index in [4.69, 9.17) is 4.74 Å². The summed E-state index contributed by atoms with van der Waals surface area (Å²) >= 11 is 0. The standard InChI is InChI=1S/C21H28N2O3S.ClH/c1-3-27(24,25)18-7-9-21(26-2)19(13-18)20-8-5-16(22-20)14-23-11-10-15-4-6-17(23)12-15;/h5,7-9,13,15,17,22H,3-4,6,10-12,14H2,1-2H3;1H. The molecule has 1 aromatic carbocycles. The van der Waals surface area contributed by atoms with E-state index in [1.54, 1.807) is 32.2 Å². The van der Waals surface area contributed by atoms with E-state index in [2.05, 4.69) is 16.0 Å². The molecule has 1 aliphatic carbocycles. The molecule has 28 heavy (non-hydrogen) atoms. The van der Waals surface area contributed by atoms with E-state index >= 15 is 0 Å². The average Bonchev–Trinajstić information content (AvgIpc) is 3.30. The lowest BCUT2D eigenvalue weighted by atomic mass is 9.99. The number of nitrogens with one attached hydrogen (secondary N) is 1. The lowest BCUT2D eigenvalue weighted by Gasteiger charge is -2.32. The minimum atomic E-state index is -3.25. The maximum Gasteiger partial charge on any atom is 0.178 e. The van der Waals surface area contributed by atoms with E-state index in [0.717, 1.165) is 29.8 Å². The van der Waals surface area contributed by atoms with Crippen LogP contribution < -0.4 is 4.74 Å². The minimum Gasteiger partial charge on any atom is -0.496 e. The first-order chi connectivity index (χ1) is 13.0. The van der Waals surface area contributed by atoms with Crippen LogP contribution in [-0.4, -0.2) is 43.8 Å². The van der Waals surface area contributed by atoms with Crippen molar-refractivity contribution in [3.05, 3.63) is 36.0 Å². The zero-order valence-electron chi connectivity index (χ0n) is 16.5. The van der Waals surface area contributed by atoms with E-state index in [0.29, 0.717) is 10.6 Å². The topological polar surface area (TPSA) is 62.4 Å². The molecule has 2 unspecified atom stereocenters. The van der Waals surface area contributed by atoms with E-state index in [-0.39, 0.29) is 18.2 Å². The number of rotatable bonds is 6. The third-order valence-electron chi connectivity index (χ3n) is 6.17. The predicted molar refractivity (Wildman–Crippen MR) is 114 cm³/mol. The number of aromatic nitrogens is 1. The molecule has 0 amide bonds. The number of aromatic amines is 1. The molecule has 7 heteroatoms. The molecule has 1 N–H and O–H groups in total. The summed E-state index contributed by atoms with van der Waals surface area (Å²) in [6.07, 6.45) is 5.36. The van der Waals surface area contributed by atoms with Gasteiger partial charge in [-0.15, -0.1) is 12.4 Å². The lowest BCUT2D eigenvalue weighted by Crippen LogP contribution is -2.37. The molecule has 154 valence electrons. The molecule has 1 saturated carbocycles. The van der Waals surface area contributed by atoms with Crippen LogP contribution in [0.2, 0.25) is 0 Å². The maximum absolute atomic E-state index is 12.3. The first-order valence-corrected chi connectivity index (χ1v) is 11.5. The Hall–Kier alpha value is -1.50. The smallest absolute Gasteiger partial charge is 0.178 e. The predicted octanol–water partition coefficient (Wildman–Crippen LogP) is 4.28. The van der Waals surface area contributed by atoms with E-state index < -0.39 is 9.84 Å². The quantitative estimate of drug-likeness (QED) is 0.751. The number of hydrogen-bond donors (Lipinski definition) is 1. The normalized spacial score (nSPS) is 22.1. The Bertz CT molecular complexity index is 925. The van der Waals surface area contributed by atoms with Gasteiger partial charge in [-0.1, -0.05) is 6.92 Å². The second-order valence-electron chi connectivity index (χ2n) is 7.75. The number of piperidine rings is 1. The van der Waals surface area contributed by atoms with Crippen molar-refractivity contribution in [1.82, 2.24) is 9.88 Å². The van der Waals surface area contributed by atoms with Gasteiger partial charge in [-0.25, -0.2) is 8.42 Å². The van der Waals surface area contributed by atoms with Crippen molar-refractivity contribution in [1.29, 1.82) is 0 Å². The molecule has 2 bridgehead atoms. The molecule has 1 aromatic heterocycles. The van der Waals surface area contributed by atoms with Gasteiger partial charge < -0.3 is 9.72 Å². The van der Waals surface area contributed by atoms with E-state index in [9.17, 15) is 8.42 Å². The van der Waals surface area contributed by atoms with Crippen LogP contribution in [0.3, 0.4) is 0 Å². The fourth-order valence-electron chi connectivity index (χ4n) is 4.55. The third-order valence-corrected chi connectivity index (χ3v) is 7.91. The van der Waals surface area contributed by atoms with Gasteiger partial charge in [0.15, 0.2) is 9.84 Å². The van der Waals surface area contributed by atoms with Crippen LogP contribution in [-0.2, 0) is 16.4 Å². The van der Waals surface area contributed by atoms with Gasteiger partial charge in [-0.3, -0.25) is 4.90 Å². The average molecular weight is 425 g/mol. The highest BCUT2D eigenvalue weighted by atomic mass is 35.5. The molecule has 0 radical (unpaired) electrons. The fraction of sp³-hybridized carbons (Fsp3) is 0.524. The number of nitrogens with zero attached hydrogens (tertiary/aromatic N) is 1. The van der Waals surface area contributed by atoms with Crippen molar-refractivity contribution in [3.63, 3.8) is 0 Å². The first kappa shape index (κ1) is 21.2. The summed E-state index contributed by atoms with van der Waals surface area (Å²) < 4.78 is 30.0. The second kappa shape index (κ2) is 8.47. The van der Waals surface area contributed by atoms with Gasteiger partial charge in [0.05, 0.1) is 17.8 Å². The Balaban J connectivity index is 0.00000225. The number of methoxy groups -OCH3 is 1. The number of halogens is 1. The number of ether oxygens (including phenoxy) is 1. The first-order valence-electron chi connectivity index (χ1n) is 9.83. The van der Waals surface area contributed by atoms with Gasteiger partial charge in [0, 0.05) is 29.5 Å². The molecule has 2 fully saturated rings. The number of benzene rings is 1. The van der Waals surface area contributed by atoms with Crippen LogP contribution >= 0.6 is 12.4 Å². The van der Waals surface area contributed by atoms with Crippen LogP contribution in [0.5, 0.6) is 5.75 Å². The molecule has 1 aliphatic heterocycles. The highest BCUT2D eigenvalue weighted by molar-refractivity contribution is 7.91. The molecular weight excluding hydrogens is 396 g/mol. The van der Waals surface area contributed by atoms with Crippen molar-refractivity contribution >= 4 is 22.2 Å². The number of sulfone groups is 1. The van der Waals surface area contributed by atoms with Crippen molar-refractivity contribution in [2.75, 3.05) is 19.4 Å². The molecule has 5 nitrogen and oxygen atoms in total. The highest BCUT2D eigenvalue weighted by Gasteiger charge is 2.34. The van der Waals surface area contributed by atoms with Gasteiger partial charge in [0.2, 0.25) is 0 Å². The summed E-state index contributed by atoms with van der Waals surface area (Å²) in [7, 11) is -1.64. The summed E-state index contributed by atoms with van der Waals surface area (Å²) in [6.45, 7) is 3.77. The molecule has 0 spiro atoms. The Morgan fingerprint density at radius 2 is 2.00 bits per heavy atom. The monoisotopic (exact) mass is 424 g/mol. The number of fused-ring (bicyclic) bond motifs is 2.